The van der Waals surface area contributed by atoms with Crippen LogP contribution in [-0.2, 0) is 9.53 Å². The molecule has 156 valence electrons. The minimum absolute atomic E-state index is 0.0670. The Labute approximate surface area is 182 Å². The van der Waals surface area contributed by atoms with Crippen LogP contribution in [0, 0.1) is 0 Å². The molecule has 2 aromatic rings. The van der Waals surface area contributed by atoms with Crippen molar-refractivity contribution in [2.75, 3.05) is 26.6 Å². The van der Waals surface area contributed by atoms with Crippen molar-refractivity contribution in [3.05, 3.63) is 44.9 Å². The molecule has 0 aliphatic heterocycles. The predicted octanol–water partition coefficient (Wildman–Crippen LogP) is 4.86. The molecule has 0 saturated carbocycles. The van der Waals surface area contributed by atoms with Crippen molar-refractivity contribution < 1.29 is 28.5 Å². The largest absolute Gasteiger partial charge is 0.496 e. The molecule has 7 nitrogen and oxygen atoms in total. The molecule has 0 aliphatic carbocycles. The lowest BCUT2D eigenvalue weighted by molar-refractivity contribution is -0.123. The smallest absolute Gasteiger partial charge is 0.342 e. The second kappa shape index (κ2) is 9.91. The van der Waals surface area contributed by atoms with Crippen LogP contribution in [0.15, 0.2) is 24.3 Å². The van der Waals surface area contributed by atoms with E-state index in [0.29, 0.717) is 11.5 Å². The summed E-state index contributed by atoms with van der Waals surface area (Å²) in [5, 5.41) is 3.18. The number of rotatable bonds is 7. The Hall–Kier alpha value is -2.35. The van der Waals surface area contributed by atoms with Gasteiger partial charge in [0.2, 0.25) is 0 Å². The quantitative estimate of drug-likeness (QED) is 0.467. The number of hydrogen-bond acceptors (Lipinski definition) is 6. The molecule has 0 aromatic heterocycles. The highest BCUT2D eigenvalue weighted by Gasteiger charge is 2.24. The van der Waals surface area contributed by atoms with Crippen LogP contribution >= 0.6 is 34.8 Å². The first-order chi connectivity index (χ1) is 13.7. The van der Waals surface area contributed by atoms with Crippen LogP contribution in [0.1, 0.15) is 17.3 Å². The number of nitrogens with one attached hydrogen (secondary N) is 1. The van der Waals surface area contributed by atoms with Gasteiger partial charge in [0, 0.05) is 12.1 Å². The highest BCUT2D eigenvalue weighted by Crippen LogP contribution is 2.35. The summed E-state index contributed by atoms with van der Waals surface area (Å²) in [6.45, 7) is 1.41. The van der Waals surface area contributed by atoms with E-state index in [9.17, 15) is 9.59 Å². The van der Waals surface area contributed by atoms with Crippen molar-refractivity contribution in [1.82, 2.24) is 0 Å². The molecule has 1 unspecified atom stereocenters. The molecular formula is C19H18Cl3NO6. The van der Waals surface area contributed by atoms with Gasteiger partial charge in [-0.3, -0.25) is 4.79 Å². The molecule has 0 spiro atoms. The monoisotopic (exact) mass is 461 g/mol. The molecule has 29 heavy (non-hydrogen) atoms. The Morgan fingerprint density at radius 3 is 1.97 bits per heavy atom. The van der Waals surface area contributed by atoms with Crippen molar-refractivity contribution in [3.63, 3.8) is 0 Å². The minimum Gasteiger partial charge on any atom is -0.496 e. The zero-order valence-electron chi connectivity index (χ0n) is 16.0. The van der Waals surface area contributed by atoms with E-state index in [0.717, 1.165) is 0 Å². The molecule has 0 aliphatic rings. The van der Waals surface area contributed by atoms with Gasteiger partial charge in [0.15, 0.2) is 17.6 Å². The van der Waals surface area contributed by atoms with Gasteiger partial charge in [-0.25, -0.2) is 4.79 Å². The summed E-state index contributed by atoms with van der Waals surface area (Å²) in [6.07, 6.45) is -1.15. The van der Waals surface area contributed by atoms with Crippen molar-refractivity contribution in [3.8, 4) is 17.2 Å². The van der Waals surface area contributed by atoms with Gasteiger partial charge < -0.3 is 24.3 Å². The first-order valence-electron chi connectivity index (χ1n) is 8.18. The number of carbonyl (C=O) groups is 2. The Morgan fingerprint density at radius 1 is 0.828 bits per heavy atom. The third kappa shape index (κ3) is 5.38. The SMILES string of the molecule is COc1cc(OC)c(C(=O)OC(C)C(=O)Nc2cc(Cl)c(Cl)cc2Cl)cc1OC. The fraction of sp³-hybridized carbons (Fsp3) is 0.263. The maximum Gasteiger partial charge on any atom is 0.342 e. The number of carbonyl (C=O) groups excluding carboxylic acids is 2. The second-order valence-electron chi connectivity index (χ2n) is 5.69. The summed E-state index contributed by atoms with van der Waals surface area (Å²) < 4.78 is 20.8. The molecule has 1 amide bonds. The lowest BCUT2D eigenvalue weighted by atomic mass is 10.1. The molecule has 0 saturated heterocycles. The lowest BCUT2D eigenvalue weighted by Gasteiger charge is -2.17. The zero-order chi connectivity index (χ0) is 21.7. The third-order valence-electron chi connectivity index (χ3n) is 3.85. The molecule has 2 aromatic carbocycles. The molecule has 1 atom stereocenters. The maximum atomic E-state index is 12.6. The predicted molar refractivity (Wildman–Crippen MR) is 111 cm³/mol. The van der Waals surface area contributed by atoms with Crippen LogP contribution in [0.5, 0.6) is 17.2 Å². The Kier molecular flexibility index (Phi) is 7.84. The number of methoxy groups -OCH3 is 3. The number of esters is 1. The average molecular weight is 463 g/mol. The number of halogens is 3. The molecular weight excluding hydrogens is 445 g/mol. The highest BCUT2D eigenvalue weighted by molar-refractivity contribution is 6.44. The normalized spacial score (nSPS) is 11.4. The maximum absolute atomic E-state index is 12.6. The first-order valence-corrected chi connectivity index (χ1v) is 9.31. The summed E-state index contributed by atoms with van der Waals surface area (Å²) in [4.78, 5) is 25.0. The highest BCUT2D eigenvalue weighted by atomic mass is 35.5. The summed E-state index contributed by atoms with van der Waals surface area (Å²) in [5.41, 5.74) is 0.301. The molecule has 0 radical (unpaired) electrons. The van der Waals surface area contributed by atoms with Gasteiger partial charge in [-0.2, -0.15) is 0 Å². The summed E-state index contributed by atoms with van der Waals surface area (Å²) >= 11 is 17.8. The van der Waals surface area contributed by atoms with Crippen molar-refractivity contribution in [2.45, 2.75) is 13.0 Å². The van der Waals surface area contributed by atoms with E-state index in [1.54, 1.807) is 0 Å². The minimum atomic E-state index is -1.15. The third-order valence-corrected chi connectivity index (χ3v) is 4.88. The fourth-order valence-corrected chi connectivity index (χ4v) is 2.91. The van der Waals surface area contributed by atoms with Crippen molar-refractivity contribution in [2.24, 2.45) is 0 Å². The summed E-state index contributed by atoms with van der Waals surface area (Å²) in [6, 6.07) is 5.68. The summed E-state index contributed by atoms with van der Waals surface area (Å²) in [5.74, 6) is -0.516. The van der Waals surface area contributed by atoms with Crippen LogP contribution in [0.4, 0.5) is 5.69 Å². The van der Waals surface area contributed by atoms with Gasteiger partial charge in [-0.1, -0.05) is 34.8 Å². The molecule has 0 fully saturated rings. The van der Waals surface area contributed by atoms with Crippen molar-refractivity contribution in [1.29, 1.82) is 0 Å². The topological polar surface area (TPSA) is 83.1 Å². The van der Waals surface area contributed by atoms with E-state index >= 15 is 0 Å². The lowest BCUT2D eigenvalue weighted by Crippen LogP contribution is -2.30. The van der Waals surface area contributed by atoms with Gasteiger partial charge in [0.05, 0.1) is 42.1 Å². The van der Waals surface area contributed by atoms with Crippen LogP contribution in [0.3, 0.4) is 0 Å². The van der Waals surface area contributed by atoms with Gasteiger partial charge in [0.1, 0.15) is 11.3 Å². The van der Waals surface area contributed by atoms with E-state index < -0.39 is 18.0 Å². The van der Waals surface area contributed by atoms with Gasteiger partial charge in [-0.15, -0.1) is 0 Å². The van der Waals surface area contributed by atoms with Crippen LogP contribution < -0.4 is 19.5 Å². The van der Waals surface area contributed by atoms with Crippen LogP contribution in [0.2, 0.25) is 15.1 Å². The van der Waals surface area contributed by atoms with E-state index in [-0.39, 0.29) is 32.1 Å². The molecule has 0 bridgehead atoms. The van der Waals surface area contributed by atoms with Gasteiger partial charge >= 0.3 is 5.97 Å². The van der Waals surface area contributed by atoms with Crippen LogP contribution in [0.25, 0.3) is 0 Å². The standard InChI is InChI=1S/C19H18Cl3NO6/c1-9(18(24)23-14-7-12(21)11(20)6-13(14)22)29-19(25)10-5-16(27-3)17(28-4)8-15(10)26-2/h5-9H,1-4H3,(H,23,24). The summed E-state index contributed by atoms with van der Waals surface area (Å²) in [7, 11) is 4.27. The van der Waals surface area contributed by atoms with E-state index in [4.69, 9.17) is 53.8 Å². The molecule has 10 heteroatoms. The molecule has 1 N–H and O–H groups in total. The van der Waals surface area contributed by atoms with Gasteiger partial charge in [-0.05, 0) is 19.1 Å². The number of ether oxygens (including phenoxy) is 4. The Morgan fingerprint density at radius 2 is 1.38 bits per heavy atom. The van der Waals surface area contributed by atoms with E-state index in [1.165, 1.54) is 52.5 Å². The first kappa shape index (κ1) is 22.9. The van der Waals surface area contributed by atoms with E-state index in [2.05, 4.69) is 5.32 Å². The fourth-order valence-electron chi connectivity index (χ4n) is 2.32. The van der Waals surface area contributed by atoms with Crippen molar-refractivity contribution >= 4 is 52.4 Å². The Bertz CT molecular complexity index is 935. The number of anilines is 1. The van der Waals surface area contributed by atoms with Gasteiger partial charge in [0.25, 0.3) is 5.91 Å². The van der Waals surface area contributed by atoms with Crippen LogP contribution in [-0.4, -0.2) is 39.3 Å². The molecule has 0 heterocycles. The number of amides is 1. The zero-order valence-corrected chi connectivity index (χ0v) is 18.2. The number of hydrogen-bond donors (Lipinski definition) is 1. The Balaban J connectivity index is 2.18. The number of benzene rings is 2. The average Bonchev–Trinajstić information content (AvgIpc) is 2.70. The molecule has 2 rings (SSSR count). The second-order valence-corrected chi connectivity index (χ2v) is 6.91. The van der Waals surface area contributed by atoms with E-state index in [1.807, 2.05) is 0 Å².